The molecule has 106 valence electrons. The maximum atomic E-state index is 12.6. The van der Waals surface area contributed by atoms with E-state index >= 15 is 0 Å². The largest absolute Gasteiger partial charge is 0.433 e. The third-order valence-corrected chi connectivity index (χ3v) is 2.93. The predicted octanol–water partition coefficient (Wildman–Crippen LogP) is 2.06. The van der Waals surface area contributed by atoms with Gasteiger partial charge in [-0.15, -0.1) is 0 Å². The normalized spacial score (nSPS) is 21.4. The number of hydrogen-bond donors (Lipinski definition) is 2. The lowest BCUT2D eigenvalue weighted by Crippen LogP contribution is -2.30. The highest BCUT2D eigenvalue weighted by Crippen LogP contribution is 2.29. The van der Waals surface area contributed by atoms with Crippen LogP contribution >= 0.6 is 0 Å². The molecule has 2 heterocycles. The molecule has 2 unspecified atom stereocenters. The highest BCUT2D eigenvalue weighted by molar-refractivity contribution is 5.42. The van der Waals surface area contributed by atoms with Crippen LogP contribution in [0.1, 0.15) is 25.5 Å². The zero-order valence-electron chi connectivity index (χ0n) is 10.4. The van der Waals surface area contributed by atoms with Gasteiger partial charge in [0.2, 0.25) is 5.95 Å². The lowest BCUT2D eigenvalue weighted by atomic mass is 10.1. The summed E-state index contributed by atoms with van der Waals surface area (Å²) < 4.78 is 43.2. The number of alkyl halides is 3. The van der Waals surface area contributed by atoms with Gasteiger partial charge in [0.15, 0.2) is 5.69 Å². The number of nitrogens with one attached hydrogen (secondary N) is 1. The van der Waals surface area contributed by atoms with Gasteiger partial charge in [-0.3, -0.25) is 0 Å². The SMILES string of the molecule is CC(Nc1cc(C(F)(F)F)nc(N)n1)C1CCCO1. The Morgan fingerprint density at radius 3 is 2.79 bits per heavy atom. The van der Waals surface area contributed by atoms with E-state index in [1.54, 1.807) is 0 Å². The van der Waals surface area contributed by atoms with E-state index in [4.69, 9.17) is 10.5 Å². The molecule has 1 aliphatic heterocycles. The molecule has 0 amide bonds. The minimum absolute atomic E-state index is 0.0227. The number of nitrogens with two attached hydrogens (primary N) is 1. The number of anilines is 2. The quantitative estimate of drug-likeness (QED) is 0.884. The lowest BCUT2D eigenvalue weighted by molar-refractivity contribution is -0.141. The van der Waals surface area contributed by atoms with E-state index in [0.29, 0.717) is 6.61 Å². The van der Waals surface area contributed by atoms with Gasteiger partial charge in [-0.25, -0.2) is 4.98 Å². The summed E-state index contributed by atoms with van der Waals surface area (Å²) >= 11 is 0. The van der Waals surface area contributed by atoms with E-state index in [2.05, 4.69) is 15.3 Å². The van der Waals surface area contributed by atoms with E-state index < -0.39 is 17.8 Å². The van der Waals surface area contributed by atoms with Gasteiger partial charge in [-0.2, -0.15) is 18.2 Å². The van der Waals surface area contributed by atoms with Crippen molar-refractivity contribution in [2.75, 3.05) is 17.7 Å². The number of nitrogens with zero attached hydrogens (tertiary/aromatic N) is 2. The smallest absolute Gasteiger partial charge is 0.376 e. The van der Waals surface area contributed by atoms with Crippen LogP contribution < -0.4 is 11.1 Å². The second-order valence-electron chi connectivity index (χ2n) is 4.48. The highest BCUT2D eigenvalue weighted by Gasteiger charge is 2.34. The van der Waals surface area contributed by atoms with Crippen LogP contribution in [0.25, 0.3) is 0 Å². The topological polar surface area (TPSA) is 73.1 Å². The minimum atomic E-state index is -4.54. The zero-order valence-corrected chi connectivity index (χ0v) is 10.4. The maximum absolute atomic E-state index is 12.6. The summed E-state index contributed by atoms with van der Waals surface area (Å²) in [6, 6.07) is 0.708. The van der Waals surface area contributed by atoms with Crippen LogP contribution in [0.4, 0.5) is 24.9 Å². The Labute approximate surface area is 108 Å². The molecule has 2 atom stereocenters. The maximum Gasteiger partial charge on any atom is 0.433 e. The first kappa shape index (κ1) is 13.9. The van der Waals surface area contributed by atoms with Crippen LogP contribution in [0.2, 0.25) is 0 Å². The monoisotopic (exact) mass is 276 g/mol. The van der Waals surface area contributed by atoms with Crippen LogP contribution in [-0.2, 0) is 10.9 Å². The Kier molecular flexibility index (Phi) is 3.79. The van der Waals surface area contributed by atoms with Gasteiger partial charge < -0.3 is 15.8 Å². The Hall–Kier alpha value is -1.57. The molecule has 19 heavy (non-hydrogen) atoms. The standard InChI is InChI=1S/C11H15F3N4O/c1-6(7-3-2-4-19-7)16-9-5-8(11(12,13)14)17-10(15)18-9/h5-7H,2-4H2,1H3,(H3,15,16,17,18). The van der Waals surface area contributed by atoms with E-state index in [1.165, 1.54) is 0 Å². The van der Waals surface area contributed by atoms with Gasteiger partial charge in [-0.1, -0.05) is 0 Å². The van der Waals surface area contributed by atoms with Crippen LogP contribution in [0.15, 0.2) is 6.07 Å². The van der Waals surface area contributed by atoms with Crippen LogP contribution in [0, 0.1) is 0 Å². The summed E-state index contributed by atoms with van der Waals surface area (Å²) in [6.45, 7) is 2.51. The molecule has 0 saturated carbocycles. The van der Waals surface area contributed by atoms with Crippen molar-refractivity contribution >= 4 is 11.8 Å². The molecule has 0 radical (unpaired) electrons. The second kappa shape index (κ2) is 5.20. The molecular weight excluding hydrogens is 261 g/mol. The molecule has 0 bridgehead atoms. The van der Waals surface area contributed by atoms with E-state index in [-0.39, 0.29) is 18.0 Å². The minimum Gasteiger partial charge on any atom is -0.376 e. The average molecular weight is 276 g/mol. The third-order valence-electron chi connectivity index (χ3n) is 2.93. The van der Waals surface area contributed by atoms with E-state index in [0.717, 1.165) is 18.9 Å². The van der Waals surface area contributed by atoms with Crippen molar-refractivity contribution in [3.05, 3.63) is 11.8 Å². The van der Waals surface area contributed by atoms with Gasteiger partial charge in [-0.05, 0) is 19.8 Å². The molecule has 5 nitrogen and oxygen atoms in total. The van der Waals surface area contributed by atoms with Crippen molar-refractivity contribution < 1.29 is 17.9 Å². The van der Waals surface area contributed by atoms with Crippen LogP contribution in [-0.4, -0.2) is 28.7 Å². The molecule has 1 fully saturated rings. The lowest BCUT2D eigenvalue weighted by Gasteiger charge is -2.21. The summed E-state index contributed by atoms with van der Waals surface area (Å²) in [6.07, 6.45) is -2.73. The molecule has 8 heteroatoms. The first-order valence-corrected chi connectivity index (χ1v) is 5.96. The number of hydrogen-bond acceptors (Lipinski definition) is 5. The fourth-order valence-electron chi connectivity index (χ4n) is 2.01. The Morgan fingerprint density at radius 2 is 2.21 bits per heavy atom. The van der Waals surface area contributed by atoms with Crippen LogP contribution in [0.5, 0.6) is 0 Å². The Morgan fingerprint density at radius 1 is 1.47 bits per heavy atom. The average Bonchev–Trinajstić information content (AvgIpc) is 2.80. The summed E-state index contributed by atoms with van der Waals surface area (Å²) in [4.78, 5) is 6.94. The number of rotatable bonds is 3. The molecule has 1 aromatic heterocycles. The van der Waals surface area contributed by atoms with Crippen molar-refractivity contribution in [1.82, 2.24) is 9.97 Å². The Bertz CT molecular complexity index is 446. The summed E-state index contributed by atoms with van der Waals surface area (Å²) in [5.41, 5.74) is 4.24. The molecule has 2 rings (SSSR count). The van der Waals surface area contributed by atoms with Crippen molar-refractivity contribution in [1.29, 1.82) is 0 Å². The first-order chi connectivity index (χ1) is 8.86. The second-order valence-corrected chi connectivity index (χ2v) is 4.48. The van der Waals surface area contributed by atoms with Gasteiger partial charge in [0.1, 0.15) is 5.82 Å². The summed E-state index contributed by atoms with van der Waals surface area (Å²) in [7, 11) is 0. The van der Waals surface area contributed by atoms with Gasteiger partial charge in [0.05, 0.1) is 12.1 Å². The highest BCUT2D eigenvalue weighted by atomic mass is 19.4. The van der Waals surface area contributed by atoms with Crippen molar-refractivity contribution in [3.63, 3.8) is 0 Å². The number of nitrogen functional groups attached to an aromatic ring is 1. The molecule has 0 spiro atoms. The molecule has 0 aromatic carbocycles. The fraction of sp³-hybridized carbons (Fsp3) is 0.636. The first-order valence-electron chi connectivity index (χ1n) is 5.96. The van der Waals surface area contributed by atoms with Crippen LogP contribution in [0.3, 0.4) is 0 Å². The predicted molar refractivity (Wildman–Crippen MR) is 63.5 cm³/mol. The summed E-state index contributed by atoms with van der Waals surface area (Å²) in [5.74, 6) is -0.348. The number of aromatic nitrogens is 2. The van der Waals surface area contributed by atoms with E-state index in [1.807, 2.05) is 6.92 Å². The van der Waals surface area contributed by atoms with Crippen molar-refractivity contribution in [2.24, 2.45) is 0 Å². The van der Waals surface area contributed by atoms with Crippen molar-refractivity contribution in [2.45, 2.75) is 38.1 Å². The van der Waals surface area contributed by atoms with E-state index in [9.17, 15) is 13.2 Å². The molecule has 1 aromatic rings. The number of ether oxygens (including phenoxy) is 1. The van der Waals surface area contributed by atoms with Gasteiger partial charge >= 0.3 is 6.18 Å². The third kappa shape index (κ3) is 3.46. The van der Waals surface area contributed by atoms with Gasteiger partial charge in [0, 0.05) is 12.7 Å². The summed E-state index contributed by atoms with van der Waals surface area (Å²) in [5, 5.41) is 2.88. The van der Waals surface area contributed by atoms with Crippen molar-refractivity contribution in [3.8, 4) is 0 Å². The molecule has 0 aliphatic carbocycles. The van der Waals surface area contributed by atoms with Gasteiger partial charge in [0.25, 0.3) is 0 Å². The molecule has 3 N–H and O–H groups in total. The zero-order chi connectivity index (χ0) is 14.0. The Balaban J connectivity index is 2.13. The number of halogens is 3. The molecule has 1 aliphatic rings. The molecule has 1 saturated heterocycles. The molecular formula is C11H15F3N4O. The fourth-order valence-corrected chi connectivity index (χ4v) is 2.01.